The number of rotatable bonds is 4. The Morgan fingerprint density at radius 2 is 2.35 bits per heavy atom. The van der Waals surface area contributed by atoms with Gasteiger partial charge in [0, 0.05) is 24.2 Å². The lowest BCUT2D eigenvalue weighted by Crippen LogP contribution is -2.21. The zero-order chi connectivity index (χ0) is 12.3. The van der Waals surface area contributed by atoms with Crippen molar-refractivity contribution in [2.24, 2.45) is 5.92 Å². The number of methoxy groups -OCH3 is 1. The first-order chi connectivity index (χ1) is 8.22. The SMILES string of the molecule is COc1ccc(Br)c(CN2CCC(CO)C2)c1. The first-order valence-corrected chi connectivity index (χ1v) is 6.68. The van der Waals surface area contributed by atoms with Gasteiger partial charge in [0.25, 0.3) is 0 Å². The zero-order valence-corrected chi connectivity index (χ0v) is 11.6. The quantitative estimate of drug-likeness (QED) is 0.926. The third kappa shape index (κ3) is 3.21. The van der Waals surface area contributed by atoms with E-state index in [0.717, 1.165) is 36.3 Å². The lowest BCUT2D eigenvalue weighted by molar-refractivity contribution is 0.220. The maximum atomic E-state index is 9.13. The molecule has 1 saturated heterocycles. The van der Waals surface area contributed by atoms with E-state index in [1.54, 1.807) is 7.11 Å². The topological polar surface area (TPSA) is 32.7 Å². The molecule has 0 aliphatic carbocycles. The average Bonchev–Trinajstić information content (AvgIpc) is 2.80. The van der Waals surface area contributed by atoms with Gasteiger partial charge in [0.15, 0.2) is 0 Å². The number of aliphatic hydroxyl groups is 1. The Hall–Kier alpha value is -0.580. The Balaban J connectivity index is 2.03. The summed E-state index contributed by atoms with van der Waals surface area (Å²) < 4.78 is 6.35. The van der Waals surface area contributed by atoms with E-state index in [1.165, 1.54) is 5.56 Å². The number of hydrogen-bond donors (Lipinski definition) is 1. The molecule has 0 bridgehead atoms. The van der Waals surface area contributed by atoms with Crippen molar-refractivity contribution in [2.75, 3.05) is 26.8 Å². The summed E-state index contributed by atoms with van der Waals surface area (Å²) in [5.74, 6) is 1.33. The van der Waals surface area contributed by atoms with Crippen molar-refractivity contribution < 1.29 is 9.84 Å². The molecule has 1 aliphatic heterocycles. The molecule has 94 valence electrons. The number of aliphatic hydroxyl groups excluding tert-OH is 1. The third-order valence-corrected chi connectivity index (χ3v) is 4.05. The van der Waals surface area contributed by atoms with E-state index in [2.05, 4.69) is 26.9 Å². The van der Waals surface area contributed by atoms with Gasteiger partial charge in [-0.3, -0.25) is 4.90 Å². The monoisotopic (exact) mass is 299 g/mol. The molecule has 1 atom stereocenters. The van der Waals surface area contributed by atoms with Crippen molar-refractivity contribution in [3.63, 3.8) is 0 Å². The summed E-state index contributed by atoms with van der Waals surface area (Å²) in [4.78, 5) is 2.38. The van der Waals surface area contributed by atoms with Crippen LogP contribution in [-0.2, 0) is 6.54 Å². The minimum absolute atomic E-state index is 0.301. The number of halogens is 1. The fraction of sp³-hybridized carbons (Fsp3) is 0.538. The minimum Gasteiger partial charge on any atom is -0.497 e. The van der Waals surface area contributed by atoms with Gasteiger partial charge in [0.2, 0.25) is 0 Å². The molecule has 1 aromatic carbocycles. The molecular formula is C13H18BrNO2. The number of nitrogens with zero attached hydrogens (tertiary/aromatic N) is 1. The number of ether oxygens (including phenoxy) is 1. The van der Waals surface area contributed by atoms with Gasteiger partial charge in [-0.15, -0.1) is 0 Å². The van der Waals surface area contributed by atoms with Crippen LogP contribution in [0.2, 0.25) is 0 Å². The van der Waals surface area contributed by atoms with Crippen LogP contribution in [-0.4, -0.2) is 36.8 Å². The highest BCUT2D eigenvalue weighted by atomic mass is 79.9. The number of hydrogen-bond acceptors (Lipinski definition) is 3. The highest BCUT2D eigenvalue weighted by Gasteiger charge is 2.22. The van der Waals surface area contributed by atoms with Crippen LogP contribution in [0.1, 0.15) is 12.0 Å². The zero-order valence-electron chi connectivity index (χ0n) is 10.0. The Morgan fingerprint density at radius 1 is 1.53 bits per heavy atom. The molecule has 1 heterocycles. The van der Waals surface area contributed by atoms with Crippen LogP contribution in [0.3, 0.4) is 0 Å². The normalized spacial score (nSPS) is 20.8. The molecule has 17 heavy (non-hydrogen) atoms. The van der Waals surface area contributed by atoms with Crippen LogP contribution in [0.5, 0.6) is 5.75 Å². The Morgan fingerprint density at radius 3 is 3.00 bits per heavy atom. The summed E-state index contributed by atoms with van der Waals surface area (Å²) in [6.07, 6.45) is 1.10. The molecule has 3 nitrogen and oxygen atoms in total. The van der Waals surface area contributed by atoms with Gasteiger partial charge in [-0.2, -0.15) is 0 Å². The largest absolute Gasteiger partial charge is 0.497 e. The molecule has 0 radical (unpaired) electrons. The van der Waals surface area contributed by atoms with E-state index in [9.17, 15) is 0 Å². The van der Waals surface area contributed by atoms with Gasteiger partial charge in [0.05, 0.1) is 7.11 Å². The summed E-state index contributed by atoms with van der Waals surface area (Å²) in [6.45, 7) is 3.26. The lowest BCUT2D eigenvalue weighted by atomic mass is 10.1. The summed E-state index contributed by atoms with van der Waals surface area (Å²) in [6, 6.07) is 6.04. The highest BCUT2D eigenvalue weighted by molar-refractivity contribution is 9.10. The van der Waals surface area contributed by atoms with Crippen molar-refractivity contribution >= 4 is 15.9 Å². The number of benzene rings is 1. The van der Waals surface area contributed by atoms with E-state index in [1.807, 2.05) is 12.1 Å². The summed E-state index contributed by atoms with van der Waals surface area (Å²) in [5, 5.41) is 9.13. The molecule has 0 aromatic heterocycles. The fourth-order valence-corrected chi connectivity index (χ4v) is 2.62. The van der Waals surface area contributed by atoms with E-state index in [-0.39, 0.29) is 0 Å². The second kappa shape index (κ2) is 5.85. The van der Waals surface area contributed by atoms with Crippen molar-refractivity contribution in [2.45, 2.75) is 13.0 Å². The predicted octanol–water partition coefficient (Wildman–Crippen LogP) is 2.27. The summed E-state index contributed by atoms with van der Waals surface area (Å²) in [5.41, 5.74) is 1.24. The van der Waals surface area contributed by atoms with Gasteiger partial charge < -0.3 is 9.84 Å². The lowest BCUT2D eigenvalue weighted by Gasteiger charge is -2.17. The van der Waals surface area contributed by atoms with Crippen LogP contribution in [0.25, 0.3) is 0 Å². The van der Waals surface area contributed by atoms with Crippen LogP contribution in [0.15, 0.2) is 22.7 Å². The molecule has 1 aliphatic rings. The van der Waals surface area contributed by atoms with Crippen molar-refractivity contribution in [3.05, 3.63) is 28.2 Å². The van der Waals surface area contributed by atoms with Gasteiger partial charge in [-0.25, -0.2) is 0 Å². The van der Waals surface area contributed by atoms with E-state index in [4.69, 9.17) is 9.84 Å². The van der Waals surface area contributed by atoms with Crippen LogP contribution < -0.4 is 4.74 Å². The van der Waals surface area contributed by atoms with Gasteiger partial charge in [-0.1, -0.05) is 15.9 Å². The third-order valence-electron chi connectivity index (χ3n) is 3.28. The summed E-state index contributed by atoms with van der Waals surface area (Å²) in [7, 11) is 1.69. The maximum absolute atomic E-state index is 9.13. The molecular weight excluding hydrogens is 282 g/mol. The second-order valence-electron chi connectivity index (χ2n) is 4.53. The molecule has 1 unspecified atom stereocenters. The van der Waals surface area contributed by atoms with Gasteiger partial charge in [0.1, 0.15) is 5.75 Å². The van der Waals surface area contributed by atoms with Crippen LogP contribution in [0, 0.1) is 5.92 Å². The molecule has 0 amide bonds. The molecule has 0 spiro atoms. The first-order valence-electron chi connectivity index (χ1n) is 5.88. The maximum Gasteiger partial charge on any atom is 0.119 e. The molecule has 4 heteroatoms. The molecule has 0 saturated carbocycles. The number of likely N-dealkylation sites (tertiary alicyclic amines) is 1. The van der Waals surface area contributed by atoms with Crippen molar-refractivity contribution in [3.8, 4) is 5.75 Å². The van der Waals surface area contributed by atoms with Gasteiger partial charge >= 0.3 is 0 Å². The fourth-order valence-electron chi connectivity index (χ4n) is 2.25. The summed E-state index contributed by atoms with van der Waals surface area (Å²) >= 11 is 3.57. The van der Waals surface area contributed by atoms with Crippen LogP contribution >= 0.6 is 15.9 Å². The predicted molar refractivity (Wildman–Crippen MR) is 71.2 cm³/mol. The Bertz CT molecular complexity index is 384. The van der Waals surface area contributed by atoms with E-state index in [0.29, 0.717) is 12.5 Å². The average molecular weight is 300 g/mol. The first kappa shape index (κ1) is 12.9. The second-order valence-corrected chi connectivity index (χ2v) is 5.38. The van der Waals surface area contributed by atoms with Crippen molar-refractivity contribution in [1.29, 1.82) is 0 Å². The molecule has 2 rings (SSSR count). The standard InChI is InChI=1S/C13H18BrNO2/c1-17-12-2-3-13(14)11(6-12)8-15-5-4-10(7-15)9-16/h2-3,6,10,16H,4-5,7-9H2,1H3. The van der Waals surface area contributed by atoms with Crippen molar-refractivity contribution in [1.82, 2.24) is 4.90 Å². The molecule has 1 aromatic rings. The van der Waals surface area contributed by atoms with E-state index >= 15 is 0 Å². The molecule has 1 fully saturated rings. The van der Waals surface area contributed by atoms with E-state index < -0.39 is 0 Å². The Kier molecular flexibility index (Phi) is 4.42. The smallest absolute Gasteiger partial charge is 0.119 e. The Labute approximate surface area is 111 Å². The van der Waals surface area contributed by atoms with Crippen LogP contribution in [0.4, 0.5) is 0 Å². The van der Waals surface area contributed by atoms with Gasteiger partial charge in [-0.05, 0) is 42.6 Å². The minimum atomic E-state index is 0.301. The molecule has 1 N–H and O–H groups in total. The highest BCUT2D eigenvalue weighted by Crippen LogP contribution is 2.26.